The zero-order chi connectivity index (χ0) is 24.0. The second kappa shape index (κ2) is 11.0. The van der Waals surface area contributed by atoms with Crippen molar-refractivity contribution in [3.05, 3.63) is 30.1 Å². The van der Waals surface area contributed by atoms with Crippen molar-refractivity contribution in [3.8, 4) is 0 Å². The third-order valence-electron chi connectivity index (χ3n) is 5.64. The number of carbonyl (C=O) groups is 3. The molecule has 2 N–H and O–H groups in total. The number of hydrogen-bond acceptors (Lipinski definition) is 8. The van der Waals surface area contributed by atoms with Crippen molar-refractivity contribution in [2.75, 3.05) is 45.2 Å². The number of amides is 2. The maximum atomic E-state index is 12.3. The first kappa shape index (κ1) is 24.4. The Balaban J connectivity index is 1.72. The van der Waals surface area contributed by atoms with Crippen LogP contribution in [0.1, 0.15) is 26.6 Å². The number of methoxy groups -OCH3 is 1. The molecule has 2 heterocycles. The summed E-state index contributed by atoms with van der Waals surface area (Å²) in [6.45, 7) is 8.36. The highest BCUT2D eigenvalue weighted by Crippen LogP contribution is 2.23. The van der Waals surface area contributed by atoms with Crippen LogP contribution in [0.4, 0.5) is 5.82 Å². The lowest BCUT2D eigenvalue weighted by Gasteiger charge is -2.34. The van der Waals surface area contributed by atoms with E-state index in [9.17, 15) is 14.4 Å². The fourth-order valence-corrected chi connectivity index (χ4v) is 3.74. The Labute approximate surface area is 193 Å². The molecular weight excluding hydrogens is 424 g/mol. The molecule has 0 radical (unpaired) electrons. The average molecular weight is 457 g/mol. The molecule has 1 aliphatic rings. The molecule has 1 aliphatic heterocycles. The molecule has 178 valence electrons. The third-order valence-corrected chi connectivity index (χ3v) is 5.64. The maximum Gasteiger partial charge on any atom is 0.328 e. The quantitative estimate of drug-likeness (QED) is 0.566. The van der Waals surface area contributed by atoms with Gasteiger partial charge in [0.2, 0.25) is 11.8 Å². The predicted octanol–water partition coefficient (Wildman–Crippen LogP) is 1.02. The molecule has 33 heavy (non-hydrogen) atoms. The van der Waals surface area contributed by atoms with Crippen LogP contribution in [0.5, 0.6) is 0 Å². The van der Waals surface area contributed by atoms with Crippen LogP contribution < -0.4 is 10.6 Å². The molecule has 1 saturated heterocycles. The Kier molecular flexibility index (Phi) is 8.16. The monoisotopic (exact) mass is 456 g/mol. The van der Waals surface area contributed by atoms with Crippen LogP contribution in [-0.4, -0.2) is 83.4 Å². The van der Waals surface area contributed by atoms with E-state index in [4.69, 9.17) is 14.7 Å². The summed E-state index contributed by atoms with van der Waals surface area (Å²) < 4.78 is 4.96. The molecule has 1 atom stereocenters. The van der Waals surface area contributed by atoms with Crippen LogP contribution in [0.25, 0.3) is 10.9 Å². The minimum Gasteiger partial charge on any atom is -0.467 e. The smallest absolute Gasteiger partial charge is 0.328 e. The number of fused-ring (bicyclic) bond motifs is 1. The number of benzene rings is 1. The second-order valence-electron chi connectivity index (χ2n) is 8.46. The number of rotatable bonds is 8. The van der Waals surface area contributed by atoms with E-state index in [0.717, 1.165) is 10.9 Å². The van der Waals surface area contributed by atoms with Gasteiger partial charge in [-0.1, -0.05) is 26.0 Å². The first-order chi connectivity index (χ1) is 15.8. The summed E-state index contributed by atoms with van der Waals surface area (Å²) in [5.74, 6) is 0.616. The normalized spacial score (nSPS) is 15.4. The Morgan fingerprint density at radius 2 is 1.79 bits per heavy atom. The van der Waals surface area contributed by atoms with Gasteiger partial charge in [0.05, 0.1) is 25.7 Å². The van der Waals surface area contributed by atoms with Gasteiger partial charge in [0.25, 0.3) is 0 Å². The summed E-state index contributed by atoms with van der Waals surface area (Å²) in [5.41, 5.74) is 0.793. The molecule has 10 nitrogen and oxygen atoms in total. The summed E-state index contributed by atoms with van der Waals surface area (Å²) in [6, 6.07) is 7.15. The number of esters is 1. The Morgan fingerprint density at radius 1 is 1.09 bits per heavy atom. The number of hydrogen-bond donors (Lipinski definition) is 2. The van der Waals surface area contributed by atoms with Crippen molar-refractivity contribution >= 4 is 34.5 Å². The molecule has 3 rings (SSSR count). The zero-order valence-corrected chi connectivity index (χ0v) is 19.6. The lowest BCUT2D eigenvalue weighted by Crippen LogP contribution is -2.50. The highest BCUT2D eigenvalue weighted by Gasteiger charge is 2.25. The number of nitrogens with zero attached hydrogens (tertiary/aromatic N) is 4. The molecule has 0 saturated carbocycles. The van der Waals surface area contributed by atoms with E-state index >= 15 is 0 Å². The van der Waals surface area contributed by atoms with E-state index in [0.29, 0.717) is 44.4 Å². The summed E-state index contributed by atoms with van der Waals surface area (Å²) in [7, 11) is 1.38. The van der Waals surface area contributed by atoms with Gasteiger partial charge in [0, 0.05) is 38.5 Å². The second-order valence-corrected chi connectivity index (χ2v) is 8.46. The molecule has 1 aromatic heterocycles. The SMILES string of the molecule is COC(=O)[C@@H](Nc1nc(CN2CCN(C(=O)CNC(C)=O)CC2)nc2ccccc12)C(C)C. The van der Waals surface area contributed by atoms with Crippen LogP contribution >= 0.6 is 0 Å². The van der Waals surface area contributed by atoms with Gasteiger partial charge < -0.3 is 20.3 Å². The topological polar surface area (TPSA) is 117 Å². The maximum absolute atomic E-state index is 12.3. The van der Waals surface area contributed by atoms with Crippen LogP contribution in [-0.2, 0) is 25.7 Å². The van der Waals surface area contributed by atoms with Crippen molar-refractivity contribution in [2.45, 2.75) is 33.4 Å². The summed E-state index contributed by atoms with van der Waals surface area (Å²) >= 11 is 0. The number of carbonyl (C=O) groups excluding carboxylic acids is 3. The molecular formula is C23H32N6O4. The first-order valence-electron chi connectivity index (χ1n) is 11.1. The van der Waals surface area contributed by atoms with E-state index < -0.39 is 6.04 Å². The van der Waals surface area contributed by atoms with Crippen molar-refractivity contribution in [3.63, 3.8) is 0 Å². The van der Waals surface area contributed by atoms with Crippen molar-refractivity contribution in [2.24, 2.45) is 5.92 Å². The Morgan fingerprint density at radius 3 is 2.42 bits per heavy atom. The number of ether oxygens (including phenoxy) is 1. The number of piperazine rings is 1. The largest absolute Gasteiger partial charge is 0.467 e. The number of anilines is 1. The van der Waals surface area contributed by atoms with Gasteiger partial charge in [0.15, 0.2) is 0 Å². The third kappa shape index (κ3) is 6.38. The summed E-state index contributed by atoms with van der Waals surface area (Å²) in [6.07, 6.45) is 0. The van der Waals surface area contributed by atoms with E-state index in [1.165, 1.54) is 14.0 Å². The zero-order valence-electron chi connectivity index (χ0n) is 19.6. The van der Waals surface area contributed by atoms with Crippen LogP contribution in [0.15, 0.2) is 24.3 Å². The fourth-order valence-electron chi connectivity index (χ4n) is 3.74. The standard InChI is InChI=1S/C23H32N6O4/c1-15(2)21(23(32)33-4)27-22-17-7-5-6-8-18(17)25-19(26-22)14-28-9-11-29(12-10-28)20(31)13-24-16(3)30/h5-8,15,21H,9-14H2,1-4H3,(H,24,30)(H,25,26,27)/t21-/m0/s1. The van der Waals surface area contributed by atoms with Crippen molar-refractivity contribution in [1.82, 2.24) is 25.1 Å². The van der Waals surface area contributed by atoms with Gasteiger partial charge in [-0.3, -0.25) is 14.5 Å². The number of nitrogens with one attached hydrogen (secondary N) is 2. The van der Waals surface area contributed by atoms with Gasteiger partial charge in [-0.15, -0.1) is 0 Å². The molecule has 1 aromatic carbocycles. The van der Waals surface area contributed by atoms with Crippen LogP contribution in [0, 0.1) is 5.92 Å². The van der Waals surface area contributed by atoms with Gasteiger partial charge >= 0.3 is 5.97 Å². The van der Waals surface area contributed by atoms with E-state index in [1.807, 2.05) is 38.1 Å². The van der Waals surface area contributed by atoms with E-state index in [1.54, 1.807) is 4.90 Å². The predicted molar refractivity (Wildman–Crippen MR) is 124 cm³/mol. The van der Waals surface area contributed by atoms with E-state index in [-0.39, 0.29) is 30.2 Å². The molecule has 1 fully saturated rings. The van der Waals surface area contributed by atoms with Gasteiger partial charge in [-0.25, -0.2) is 14.8 Å². The van der Waals surface area contributed by atoms with Gasteiger partial charge in [0.1, 0.15) is 17.7 Å². The summed E-state index contributed by atoms with van der Waals surface area (Å²) in [5, 5.41) is 6.65. The first-order valence-corrected chi connectivity index (χ1v) is 11.1. The van der Waals surface area contributed by atoms with Crippen LogP contribution in [0.2, 0.25) is 0 Å². The fraction of sp³-hybridized carbons (Fsp3) is 0.522. The minimum absolute atomic E-state index is 0.0118. The van der Waals surface area contributed by atoms with Crippen molar-refractivity contribution in [1.29, 1.82) is 0 Å². The number of para-hydroxylation sites is 1. The lowest BCUT2D eigenvalue weighted by atomic mass is 10.0. The molecule has 0 unspecified atom stereocenters. The average Bonchev–Trinajstić information content (AvgIpc) is 2.80. The Bertz CT molecular complexity index is 1000. The van der Waals surface area contributed by atoms with Crippen molar-refractivity contribution < 1.29 is 19.1 Å². The number of aromatic nitrogens is 2. The molecule has 2 aromatic rings. The molecule has 0 aliphatic carbocycles. The molecule has 0 spiro atoms. The van der Waals surface area contributed by atoms with Gasteiger partial charge in [-0.2, -0.15) is 0 Å². The minimum atomic E-state index is -0.528. The molecule has 0 bridgehead atoms. The van der Waals surface area contributed by atoms with Crippen LogP contribution in [0.3, 0.4) is 0 Å². The van der Waals surface area contributed by atoms with E-state index in [2.05, 4.69) is 15.5 Å². The Hall–Kier alpha value is -3.27. The lowest BCUT2D eigenvalue weighted by molar-refractivity contribution is -0.142. The highest BCUT2D eigenvalue weighted by molar-refractivity contribution is 5.91. The summed E-state index contributed by atoms with van der Waals surface area (Å²) in [4.78, 5) is 48.9. The van der Waals surface area contributed by atoms with Gasteiger partial charge in [-0.05, 0) is 18.1 Å². The molecule has 10 heteroatoms. The molecule has 2 amide bonds. The highest BCUT2D eigenvalue weighted by atomic mass is 16.5.